The minimum Gasteiger partial charge on any atom is -0.380 e. The number of hydrogen-bond acceptors (Lipinski definition) is 3. The average molecular weight is 296 g/mol. The predicted octanol–water partition coefficient (Wildman–Crippen LogP) is 1.69. The molecule has 0 aromatic heterocycles. The van der Waals surface area contributed by atoms with Crippen molar-refractivity contribution in [3.05, 3.63) is 28.2 Å². The van der Waals surface area contributed by atoms with E-state index in [4.69, 9.17) is 0 Å². The summed E-state index contributed by atoms with van der Waals surface area (Å²) in [6.07, 6.45) is 1.15. The maximum atomic E-state index is 3.63. The Hall–Kier alpha value is -0.580. The van der Waals surface area contributed by atoms with Gasteiger partial charge in [-0.25, -0.2) is 0 Å². The molecule has 1 unspecified atom stereocenters. The first-order valence-electron chi connectivity index (χ1n) is 6.29. The van der Waals surface area contributed by atoms with Crippen LogP contribution in [-0.2, 0) is 6.42 Å². The van der Waals surface area contributed by atoms with Gasteiger partial charge < -0.3 is 10.6 Å². The van der Waals surface area contributed by atoms with Gasteiger partial charge >= 0.3 is 0 Å². The van der Waals surface area contributed by atoms with Gasteiger partial charge in [0, 0.05) is 48.9 Å². The predicted molar refractivity (Wildman–Crippen MR) is 74.6 cm³/mol. The second-order valence-electron chi connectivity index (χ2n) is 4.90. The van der Waals surface area contributed by atoms with Crippen molar-refractivity contribution in [2.45, 2.75) is 12.5 Å². The average Bonchev–Trinajstić information content (AvgIpc) is 2.71. The molecule has 2 heterocycles. The molecule has 0 bridgehead atoms. The molecule has 1 fully saturated rings. The molecule has 1 aromatic carbocycles. The fourth-order valence-corrected chi connectivity index (χ4v) is 3.13. The van der Waals surface area contributed by atoms with Crippen LogP contribution in [0.3, 0.4) is 0 Å². The van der Waals surface area contributed by atoms with Crippen LogP contribution in [0, 0.1) is 0 Å². The minimum atomic E-state index is 0.581. The monoisotopic (exact) mass is 295 g/mol. The van der Waals surface area contributed by atoms with Crippen LogP contribution in [-0.4, -0.2) is 43.7 Å². The summed E-state index contributed by atoms with van der Waals surface area (Å²) in [4.78, 5) is 2.55. The Morgan fingerprint density at radius 1 is 1.29 bits per heavy atom. The second-order valence-corrected chi connectivity index (χ2v) is 5.81. The normalized spacial score (nSPS) is 24.4. The first kappa shape index (κ1) is 11.5. The number of benzene rings is 1. The van der Waals surface area contributed by atoms with Crippen molar-refractivity contribution < 1.29 is 0 Å². The topological polar surface area (TPSA) is 27.3 Å². The minimum absolute atomic E-state index is 0.581. The summed E-state index contributed by atoms with van der Waals surface area (Å²) in [5.74, 6) is 0. The number of nitrogens with zero attached hydrogens (tertiary/aromatic N) is 1. The van der Waals surface area contributed by atoms with E-state index in [0.717, 1.165) is 26.1 Å². The molecule has 0 saturated carbocycles. The van der Waals surface area contributed by atoms with E-state index >= 15 is 0 Å². The van der Waals surface area contributed by atoms with Crippen molar-refractivity contribution >= 4 is 21.6 Å². The lowest BCUT2D eigenvalue weighted by Crippen LogP contribution is -2.47. The first-order valence-corrected chi connectivity index (χ1v) is 7.08. The van der Waals surface area contributed by atoms with E-state index < -0.39 is 0 Å². The third-order valence-electron chi connectivity index (χ3n) is 3.58. The fraction of sp³-hybridized carbons (Fsp3) is 0.538. The maximum absolute atomic E-state index is 3.63. The number of halogens is 1. The van der Waals surface area contributed by atoms with Gasteiger partial charge in [0.05, 0.1) is 0 Å². The highest BCUT2D eigenvalue weighted by molar-refractivity contribution is 9.10. The maximum Gasteiger partial charge on any atom is 0.0429 e. The van der Waals surface area contributed by atoms with Crippen molar-refractivity contribution in [1.82, 2.24) is 10.2 Å². The zero-order chi connectivity index (χ0) is 11.7. The summed E-state index contributed by atoms with van der Waals surface area (Å²) in [6, 6.07) is 7.11. The molecule has 2 aliphatic rings. The summed E-state index contributed by atoms with van der Waals surface area (Å²) in [5.41, 5.74) is 2.76. The van der Waals surface area contributed by atoms with Crippen LogP contribution in [0.1, 0.15) is 5.56 Å². The molecule has 1 saturated heterocycles. The van der Waals surface area contributed by atoms with Gasteiger partial charge in [-0.3, -0.25) is 4.90 Å². The van der Waals surface area contributed by atoms with Crippen LogP contribution in [0.15, 0.2) is 22.7 Å². The molecule has 2 N–H and O–H groups in total. The molecule has 0 aliphatic carbocycles. The highest BCUT2D eigenvalue weighted by atomic mass is 79.9. The van der Waals surface area contributed by atoms with Gasteiger partial charge in [0.2, 0.25) is 0 Å². The smallest absolute Gasteiger partial charge is 0.0429 e. The van der Waals surface area contributed by atoms with Crippen LogP contribution in [0.25, 0.3) is 0 Å². The zero-order valence-electron chi connectivity index (χ0n) is 9.88. The van der Waals surface area contributed by atoms with Gasteiger partial charge in [-0.05, 0) is 30.2 Å². The largest absolute Gasteiger partial charge is 0.380 e. The zero-order valence-corrected chi connectivity index (χ0v) is 11.5. The summed E-state index contributed by atoms with van der Waals surface area (Å²) in [7, 11) is 0. The SMILES string of the molecule is Brc1ccc2c(c1)CC(CN1CCNCC1)N2. The summed E-state index contributed by atoms with van der Waals surface area (Å²) in [6.45, 7) is 5.78. The molecule has 3 rings (SSSR count). The van der Waals surface area contributed by atoms with Crippen molar-refractivity contribution in [1.29, 1.82) is 0 Å². The first-order chi connectivity index (χ1) is 8.31. The van der Waals surface area contributed by atoms with E-state index in [9.17, 15) is 0 Å². The molecule has 0 spiro atoms. The van der Waals surface area contributed by atoms with E-state index in [-0.39, 0.29) is 0 Å². The molecular formula is C13H18BrN3. The van der Waals surface area contributed by atoms with Gasteiger partial charge in [0.25, 0.3) is 0 Å². The van der Waals surface area contributed by atoms with Crippen LogP contribution in [0.2, 0.25) is 0 Å². The molecule has 92 valence electrons. The molecule has 2 aliphatic heterocycles. The van der Waals surface area contributed by atoms with E-state index in [0.29, 0.717) is 6.04 Å². The van der Waals surface area contributed by atoms with Gasteiger partial charge in [-0.2, -0.15) is 0 Å². The number of anilines is 1. The van der Waals surface area contributed by atoms with E-state index in [1.807, 2.05) is 0 Å². The molecule has 1 atom stereocenters. The molecule has 3 nitrogen and oxygen atoms in total. The Kier molecular flexibility index (Phi) is 3.36. The van der Waals surface area contributed by atoms with Crippen LogP contribution in [0.5, 0.6) is 0 Å². The van der Waals surface area contributed by atoms with Crippen molar-refractivity contribution in [3.63, 3.8) is 0 Å². The Morgan fingerprint density at radius 3 is 2.94 bits per heavy atom. The summed E-state index contributed by atoms with van der Waals surface area (Å²) in [5, 5.41) is 7.02. The Bertz CT molecular complexity index is 402. The van der Waals surface area contributed by atoms with Gasteiger partial charge in [-0.1, -0.05) is 15.9 Å². The Morgan fingerprint density at radius 2 is 2.12 bits per heavy atom. The molecular weight excluding hydrogens is 278 g/mol. The third kappa shape index (κ3) is 2.64. The Labute approximate surface area is 111 Å². The van der Waals surface area contributed by atoms with Crippen LogP contribution >= 0.6 is 15.9 Å². The molecule has 1 aromatic rings. The van der Waals surface area contributed by atoms with Crippen molar-refractivity contribution in [2.24, 2.45) is 0 Å². The number of nitrogens with one attached hydrogen (secondary N) is 2. The highest BCUT2D eigenvalue weighted by Gasteiger charge is 2.23. The third-order valence-corrected chi connectivity index (χ3v) is 4.07. The lowest BCUT2D eigenvalue weighted by Gasteiger charge is -2.29. The second kappa shape index (κ2) is 4.96. The Balaban J connectivity index is 1.61. The van der Waals surface area contributed by atoms with Gasteiger partial charge in [0.15, 0.2) is 0 Å². The quantitative estimate of drug-likeness (QED) is 0.870. The fourth-order valence-electron chi connectivity index (χ4n) is 2.72. The summed E-state index contributed by atoms with van der Waals surface area (Å²) < 4.78 is 1.18. The van der Waals surface area contributed by atoms with E-state index in [2.05, 4.69) is 49.7 Å². The number of rotatable bonds is 2. The van der Waals surface area contributed by atoms with E-state index in [1.165, 1.54) is 28.8 Å². The number of piperazine rings is 1. The number of hydrogen-bond donors (Lipinski definition) is 2. The number of fused-ring (bicyclic) bond motifs is 1. The van der Waals surface area contributed by atoms with Crippen LogP contribution < -0.4 is 10.6 Å². The summed E-state index contributed by atoms with van der Waals surface area (Å²) >= 11 is 3.54. The van der Waals surface area contributed by atoms with Crippen LogP contribution in [0.4, 0.5) is 5.69 Å². The molecule has 4 heteroatoms. The molecule has 0 radical (unpaired) electrons. The van der Waals surface area contributed by atoms with Gasteiger partial charge in [0.1, 0.15) is 0 Å². The standard InChI is InChI=1S/C13H18BrN3/c14-11-1-2-13-10(7-11)8-12(16-13)9-17-5-3-15-4-6-17/h1-2,7,12,15-16H,3-6,8-9H2. The molecule has 17 heavy (non-hydrogen) atoms. The van der Waals surface area contributed by atoms with Crippen molar-refractivity contribution in [3.8, 4) is 0 Å². The lowest BCUT2D eigenvalue weighted by atomic mass is 10.1. The lowest BCUT2D eigenvalue weighted by molar-refractivity contribution is 0.233. The highest BCUT2D eigenvalue weighted by Crippen LogP contribution is 2.28. The van der Waals surface area contributed by atoms with Gasteiger partial charge in [-0.15, -0.1) is 0 Å². The van der Waals surface area contributed by atoms with E-state index in [1.54, 1.807) is 0 Å². The van der Waals surface area contributed by atoms with Crippen molar-refractivity contribution in [2.75, 3.05) is 38.0 Å². The molecule has 0 amide bonds.